The second-order valence-corrected chi connectivity index (χ2v) is 8.16. The Morgan fingerprint density at radius 1 is 0.967 bits per heavy atom. The van der Waals surface area contributed by atoms with Crippen molar-refractivity contribution in [3.8, 4) is 11.5 Å². The van der Waals surface area contributed by atoms with E-state index in [4.69, 9.17) is 15.2 Å². The van der Waals surface area contributed by atoms with Gasteiger partial charge in [-0.15, -0.1) is 11.3 Å². The van der Waals surface area contributed by atoms with Crippen LogP contribution < -0.4 is 25.8 Å². The first kappa shape index (κ1) is 21.5. The van der Waals surface area contributed by atoms with E-state index in [1.54, 1.807) is 62.8 Å². The molecule has 4 N–H and O–H groups in total. The van der Waals surface area contributed by atoms with E-state index in [2.05, 4.69) is 15.6 Å². The number of anilines is 3. The van der Waals surface area contributed by atoms with Crippen molar-refractivity contribution < 1.29 is 19.1 Å². The van der Waals surface area contributed by atoms with Crippen molar-refractivity contribution in [2.45, 2.75) is 4.34 Å². The third-order valence-electron chi connectivity index (χ3n) is 3.89. The number of thiazole rings is 1. The molecule has 2 aromatic carbocycles. The van der Waals surface area contributed by atoms with Crippen molar-refractivity contribution in [2.75, 3.05) is 36.3 Å². The summed E-state index contributed by atoms with van der Waals surface area (Å²) < 4.78 is 10.7. The van der Waals surface area contributed by atoms with Crippen LogP contribution in [0.3, 0.4) is 0 Å². The molecule has 0 aliphatic heterocycles. The van der Waals surface area contributed by atoms with Gasteiger partial charge in [0.25, 0.3) is 5.91 Å². The molecule has 0 spiro atoms. The molecule has 30 heavy (non-hydrogen) atoms. The van der Waals surface area contributed by atoms with Gasteiger partial charge in [-0.1, -0.05) is 11.8 Å². The van der Waals surface area contributed by atoms with Gasteiger partial charge in [-0.2, -0.15) is 0 Å². The lowest BCUT2D eigenvalue weighted by Crippen LogP contribution is -2.13. The molecule has 1 aromatic heterocycles. The standard InChI is InChI=1S/C20H20N4O4S2/c1-27-14-7-3-12(4-8-14)22-16(25)11-29-20-24-18(21)17(30-20)19(26)23-13-5-9-15(28-2)10-6-13/h3-10H,11,21H2,1-2H3,(H,22,25)(H,23,26). The minimum absolute atomic E-state index is 0.129. The fraction of sp³-hybridized carbons (Fsp3) is 0.150. The largest absolute Gasteiger partial charge is 0.497 e. The Bertz CT molecular complexity index is 1020. The smallest absolute Gasteiger partial charge is 0.269 e. The van der Waals surface area contributed by atoms with E-state index in [0.29, 0.717) is 32.1 Å². The molecule has 0 saturated heterocycles. The van der Waals surface area contributed by atoms with Crippen LogP contribution in [0.15, 0.2) is 52.9 Å². The number of nitrogens with zero attached hydrogens (tertiary/aromatic N) is 1. The number of thioether (sulfide) groups is 1. The Morgan fingerprint density at radius 3 is 2.03 bits per heavy atom. The van der Waals surface area contributed by atoms with Crippen LogP contribution in [-0.2, 0) is 4.79 Å². The third kappa shape index (κ3) is 5.65. The van der Waals surface area contributed by atoms with Crippen molar-refractivity contribution in [2.24, 2.45) is 0 Å². The molecular weight excluding hydrogens is 424 g/mol. The minimum atomic E-state index is -0.357. The maximum atomic E-state index is 12.5. The molecule has 3 rings (SSSR count). The normalized spacial score (nSPS) is 10.3. The average Bonchev–Trinajstić information content (AvgIpc) is 3.14. The Hall–Kier alpha value is -3.24. The number of carbonyl (C=O) groups is 2. The number of amides is 2. The summed E-state index contributed by atoms with van der Waals surface area (Å²) in [5, 5.41) is 5.56. The number of rotatable bonds is 8. The van der Waals surface area contributed by atoms with Crippen LogP contribution in [-0.4, -0.2) is 36.8 Å². The molecule has 8 nitrogen and oxygen atoms in total. The number of ether oxygens (including phenoxy) is 2. The van der Waals surface area contributed by atoms with Gasteiger partial charge in [-0.25, -0.2) is 4.98 Å². The Morgan fingerprint density at radius 2 is 1.50 bits per heavy atom. The van der Waals surface area contributed by atoms with E-state index in [1.165, 1.54) is 11.8 Å². The highest BCUT2D eigenvalue weighted by atomic mass is 32.2. The van der Waals surface area contributed by atoms with Crippen molar-refractivity contribution in [1.29, 1.82) is 0 Å². The first-order chi connectivity index (χ1) is 14.5. The molecule has 0 saturated carbocycles. The van der Waals surface area contributed by atoms with Crippen LogP contribution in [0, 0.1) is 0 Å². The molecule has 3 aromatic rings. The molecule has 10 heteroatoms. The fourth-order valence-electron chi connectivity index (χ4n) is 2.40. The number of aromatic nitrogens is 1. The Balaban J connectivity index is 1.55. The zero-order valence-corrected chi connectivity index (χ0v) is 17.9. The van der Waals surface area contributed by atoms with E-state index in [1.807, 2.05) is 0 Å². The molecular formula is C20H20N4O4S2. The Kier molecular flexibility index (Phi) is 7.15. The van der Waals surface area contributed by atoms with Crippen LogP contribution in [0.1, 0.15) is 9.67 Å². The van der Waals surface area contributed by atoms with Gasteiger partial charge in [0, 0.05) is 11.4 Å². The lowest BCUT2D eigenvalue weighted by molar-refractivity contribution is -0.113. The molecule has 1 heterocycles. The maximum absolute atomic E-state index is 12.5. The monoisotopic (exact) mass is 444 g/mol. The quantitative estimate of drug-likeness (QED) is 0.454. The second kappa shape index (κ2) is 9.99. The maximum Gasteiger partial charge on any atom is 0.269 e. The van der Waals surface area contributed by atoms with Gasteiger partial charge in [0.05, 0.1) is 20.0 Å². The third-order valence-corrected chi connectivity index (χ3v) is 6.10. The van der Waals surface area contributed by atoms with Crippen LogP contribution in [0.4, 0.5) is 17.2 Å². The van der Waals surface area contributed by atoms with Crippen LogP contribution >= 0.6 is 23.1 Å². The fourth-order valence-corrected chi connectivity index (χ4v) is 4.16. The highest BCUT2D eigenvalue weighted by Crippen LogP contribution is 2.30. The molecule has 0 aliphatic carbocycles. The van der Waals surface area contributed by atoms with Gasteiger partial charge < -0.3 is 25.8 Å². The Labute approximate surface area is 181 Å². The zero-order chi connectivity index (χ0) is 21.5. The van der Waals surface area contributed by atoms with Gasteiger partial charge in [-0.3, -0.25) is 9.59 Å². The first-order valence-electron chi connectivity index (χ1n) is 8.77. The van der Waals surface area contributed by atoms with Gasteiger partial charge in [0.1, 0.15) is 22.2 Å². The summed E-state index contributed by atoms with van der Waals surface area (Å²) >= 11 is 2.35. The number of hydrogen-bond acceptors (Lipinski definition) is 8. The SMILES string of the molecule is COc1ccc(NC(=O)CSc2nc(N)c(C(=O)Nc3ccc(OC)cc3)s2)cc1. The molecule has 0 aliphatic rings. The summed E-state index contributed by atoms with van der Waals surface area (Å²) in [7, 11) is 3.15. The topological polar surface area (TPSA) is 116 Å². The van der Waals surface area contributed by atoms with Crippen molar-refractivity contribution >= 4 is 52.1 Å². The summed E-state index contributed by atoms with van der Waals surface area (Å²) in [6.45, 7) is 0. The summed E-state index contributed by atoms with van der Waals surface area (Å²) in [6.07, 6.45) is 0. The van der Waals surface area contributed by atoms with Gasteiger partial charge in [0.2, 0.25) is 5.91 Å². The number of benzene rings is 2. The number of carbonyl (C=O) groups excluding carboxylic acids is 2. The number of nitrogens with two attached hydrogens (primary N) is 1. The average molecular weight is 445 g/mol. The van der Waals surface area contributed by atoms with Gasteiger partial charge in [-0.05, 0) is 48.5 Å². The van der Waals surface area contributed by atoms with Crippen molar-refractivity contribution in [1.82, 2.24) is 4.98 Å². The van der Waals surface area contributed by atoms with E-state index in [-0.39, 0.29) is 23.4 Å². The van der Waals surface area contributed by atoms with Crippen molar-refractivity contribution in [3.05, 3.63) is 53.4 Å². The molecule has 0 atom stereocenters. The number of hydrogen-bond donors (Lipinski definition) is 3. The van der Waals surface area contributed by atoms with E-state index in [9.17, 15) is 9.59 Å². The molecule has 2 amide bonds. The number of methoxy groups -OCH3 is 2. The minimum Gasteiger partial charge on any atom is -0.497 e. The van der Waals surface area contributed by atoms with Crippen LogP contribution in [0.2, 0.25) is 0 Å². The molecule has 0 fully saturated rings. The predicted octanol–water partition coefficient (Wildman–Crippen LogP) is 3.73. The highest BCUT2D eigenvalue weighted by molar-refractivity contribution is 8.01. The van der Waals surface area contributed by atoms with E-state index >= 15 is 0 Å². The van der Waals surface area contributed by atoms with Gasteiger partial charge in [0.15, 0.2) is 4.34 Å². The second-order valence-electron chi connectivity index (χ2n) is 5.94. The molecule has 0 unspecified atom stereocenters. The summed E-state index contributed by atoms with van der Waals surface area (Å²) in [4.78, 5) is 29.1. The molecule has 0 radical (unpaired) electrons. The van der Waals surface area contributed by atoms with Crippen LogP contribution in [0.5, 0.6) is 11.5 Å². The highest BCUT2D eigenvalue weighted by Gasteiger charge is 2.17. The summed E-state index contributed by atoms with van der Waals surface area (Å²) in [6, 6.07) is 14.0. The zero-order valence-electron chi connectivity index (χ0n) is 16.3. The predicted molar refractivity (Wildman–Crippen MR) is 120 cm³/mol. The van der Waals surface area contributed by atoms with Crippen molar-refractivity contribution in [3.63, 3.8) is 0 Å². The first-order valence-corrected chi connectivity index (χ1v) is 10.6. The summed E-state index contributed by atoms with van der Waals surface area (Å²) in [5.74, 6) is 1.12. The molecule has 156 valence electrons. The van der Waals surface area contributed by atoms with Gasteiger partial charge >= 0.3 is 0 Å². The van der Waals surface area contributed by atoms with E-state index < -0.39 is 0 Å². The van der Waals surface area contributed by atoms with E-state index in [0.717, 1.165) is 11.3 Å². The number of nitrogens with one attached hydrogen (secondary N) is 2. The lowest BCUT2D eigenvalue weighted by atomic mass is 10.3. The lowest BCUT2D eigenvalue weighted by Gasteiger charge is -2.05. The molecule has 0 bridgehead atoms. The number of nitrogen functional groups attached to an aromatic ring is 1. The summed E-state index contributed by atoms with van der Waals surface area (Å²) in [5.41, 5.74) is 7.17. The van der Waals surface area contributed by atoms with Crippen LogP contribution in [0.25, 0.3) is 0 Å².